The largest absolute Gasteiger partial charge is 0.367 e. The number of rotatable bonds is 8. The number of anilines is 2. The molecule has 1 aromatic carbocycles. The lowest BCUT2D eigenvalue weighted by molar-refractivity contribution is -0.132. The standard InChI is InChI=1S/C25H38N4O3/c1-5-27(6-2)25(32)21-17-20(26-24(31)19-8-7-9-19)10-11-22(21)28-12-14-29(15-13-28)23(30)16-18(3)4/h10-11,17-19H,5-9,12-16H2,1-4H3,(H,26,31). The topological polar surface area (TPSA) is 73.0 Å². The van der Waals surface area contributed by atoms with Crippen molar-refractivity contribution in [1.29, 1.82) is 0 Å². The SMILES string of the molecule is CCN(CC)C(=O)c1cc(NC(=O)C2CCC2)ccc1N1CCN(C(=O)CC(C)C)CC1. The molecule has 1 aliphatic heterocycles. The van der Waals surface area contributed by atoms with Crippen LogP contribution < -0.4 is 10.2 Å². The monoisotopic (exact) mass is 442 g/mol. The Hall–Kier alpha value is -2.57. The van der Waals surface area contributed by atoms with Crippen molar-refractivity contribution in [1.82, 2.24) is 9.80 Å². The third-order valence-electron chi connectivity index (χ3n) is 6.58. The Kier molecular flexibility index (Phi) is 8.15. The minimum atomic E-state index is -0.0249. The molecule has 0 atom stereocenters. The lowest BCUT2D eigenvalue weighted by Crippen LogP contribution is -2.49. The molecule has 0 bridgehead atoms. The Morgan fingerprint density at radius 2 is 1.72 bits per heavy atom. The molecule has 2 fully saturated rings. The minimum Gasteiger partial charge on any atom is -0.367 e. The summed E-state index contributed by atoms with van der Waals surface area (Å²) in [5, 5.41) is 3.00. The third-order valence-corrected chi connectivity index (χ3v) is 6.58. The van der Waals surface area contributed by atoms with Crippen LogP contribution in [-0.2, 0) is 9.59 Å². The summed E-state index contributed by atoms with van der Waals surface area (Å²) in [5.41, 5.74) is 2.16. The minimum absolute atomic E-state index is 0.0249. The highest BCUT2D eigenvalue weighted by Gasteiger charge is 2.28. The van der Waals surface area contributed by atoms with Crippen molar-refractivity contribution in [3.05, 3.63) is 23.8 Å². The third kappa shape index (κ3) is 5.61. The Morgan fingerprint density at radius 1 is 1.06 bits per heavy atom. The van der Waals surface area contributed by atoms with E-state index in [1.54, 1.807) is 4.90 Å². The van der Waals surface area contributed by atoms with Gasteiger partial charge in [0.2, 0.25) is 11.8 Å². The second-order valence-corrected chi connectivity index (χ2v) is 9.29. The molecule has 7 heteroatoms. The number of nitrogens with zero attached hydrogens (tertiary/aromatic N) is 3. The molecule has 1 aromatic rings. The van der Waals surface area contributed by atoms with Gasteiger partial charge >= 0.3 is 0 Å². The number of hydrogen-bond donors (Lipinski definition) is 1. The first-order valence-electron chi connectivity index (χ1n) is 12.1. The maximum Gasteiger partial charge on any atom is 0.256 e. The van der Waals surface area contributed by atoms with Gasteiger partial charge in [-0.15, -0.1) is 0 Å². The fourth-order valence-corrected chi connectivity index (χ4v) is 4.33. The molecule has 2 aliphatic rings. The number of nitrogens with one attached hydrogen (secondary N) is 1. The molecule has 0 spiro atoms. The van der Waals surface area contributed by atoms with Gasteiger partial charge in [-0.3, -0.25) is 14.4 Å². The average molecular weight is 443 g/mol. The molecule has 0 aromatic heterocycles. The summed E-state index contributed by atoms with van der Waals surface area (Å²) in [5.74, 6) is 0.660. The van der Waals surface area contributed by atoms with Gasteiger partial charge in [-0.1, -0.05) is 20.3 Å². The molecule has 3 rings (SSSR count). The van der Waals surface area contributed by atoms with Crippen molar-refractivity contribution in [2.75, 3.05) is 49.5 Å². The van der Waals surface area contributed by atoms with Crippen LogP contribution >= 0.6 is 0 Å². The van der Waals surface area contributed by atoms with E-state index in [-0.39, 0.29) is 23.6 Å². The molecule has 1 N–H and O–H groups in total. The molecule has 3 amide bonds. The number of hydrogen-bond acceptors (Lipinski definition) is 4. The van der Waals surface area contributed by atoms with Gasteiger partial charge in [-0.25, -0.2) is 0 Å². The summed E-state index contributed by atoms with van der Waals surface area (Å²) < 4.78 is 0. The quantitative estimate of drug-likeness (QED) is 0.668. The maximum absolute atomic E-state index is 13.3. The molecule has 1 saturated carbocycles. The molecule has 176 valence electrons. The molecule has 32 heavy (non-hydrogen) atoms. The average Bonchev–Trinajstić information content (AvgIpc) is 2.73. The van der Waals surface area contributed by atoms with E-state index in [0.29, 0.717) is 62.9 Å². The first-order chi connectivity index (χ1) is 15.3. The number of carbonyl (C=O) groups excluding carboxylic acids is 3. The van der Waals surface area contributed by atoms with Crippen molar-refractivity contribution in [2.24, 2.45) is 11.8 Å². The van der Waals surface area contributed by atoms with E-state index in [4.69, 9.17) is 0 Å². The smallest absolute Gasteiger partial charge is 0.256 e. The van der Waals surface area contributed by atoms with Crippen LogP contribution in [0.4, 0.5) is 11.4 Å². The zero-order chi connectivity index (χ0) is 23.3. The zero-order valence-electron chi connectivity index (χ0n) is 20.0. The summed E-state index contributed by atoms with van der Waals surface area (Å²) in [7, 11) is 0. The zero-order valence-corrected chi connectivity index (χ0v) is 20.0. The van der Waals surface area contributed by atoms with Crippen LogP contribution in [0.1, 0.15) is 63.7 Å². The molecular weight excluding hydrogens is 404 g/mol. The van der Waals surface area contributed by atoms with Crippen LogP contribution in [-0.4, -0.2) is 66.8 Å². The summed E-state index contributed by atoms with van der Waals surface area (Å²) in [4.78, 5) is 44.1. The van der Waals surface area contributed by atoms with Crippen LogP contribution in [0.5, 0.6) is 0 Å². The van der Waals surface area contributed by atoms with Gasteiger partial charge in [0.25, 0.3) is 5.91 Å². The molecule has 1 saturated heterocycles. The van der Waals surface area contributed by atoms with Gasteiger partial charge in [0.05, 0.1) is 5.56 Å². The lowest BCUT2D eigenvalue weighted by atomic mass is 9.85. The van der Waals surface area contributed by atoms with Crippen LogP contribution in [0.25, 0.3) is 0 Å². The fourth-order valence-electron chi connectivity index (χ4n) is 4.33. The van der Waals surface area contributed by atoms with E-state index in [0.717, 1.165) is 24.9 Å². The molecule has 1 aliphatic carbocycles. The highest BCUT2D eigenvalue weighted by Crippen LogP contribution is 2.30. The number of carbonyl (C=O) groups is 3. The van der Waals surface area contributed by atoms with E-state index < -0.39 is 0 Å². The molecule has 7 nitrogen and oxygen atoms in total. The van der Waals surface area contributed by atoms with Crippen molar-refractivity contribution in [3.8, 4) is 0 Å². The van der Waals surface area contributed by atoms with Crippen molar-refractivity contribution >= 4 is 29.1 Å². The Labute approximate surface area is 192 Å². The summed E-state index contributed by atoms with van der Waals surface area (Å²) in [6, 6.07) is 5.66. The Bertz CT molecular complexity index is 822. The molecular formula is C25H38N4O3. The van der Waals surface area contributed by atoms with E-state index in [1.807, 2.05) is 36.9 Å². The van der Waals surface area contributed by atoms with Gasteiger partial charge in [0.1, 0.15) is 0 Å². The second kappa shape index (κ2) is 10.8. The van der Waals surface area contributed by atoms with Crippen LogP contribution in [0, 0.1) is 11.8 Å². The number of benzene rings is 1. The van der Waals surface area contributed by atoms with E-state index in [9.17, 15) is 14.4 Å². The molecule has 1 heterocycles. The van der Waals surface area contributed by atoms with Crippen LogP contribution in [0.3, 0.4) is 0 Å². The predicted octanol–water partition coefficient (Wildman–Crippen LogP) is 3.60. The summed E-state index contributed by atoms with van der Waals surface area (Å²) in [6.45, 7) is 12.0. The van der Waals surface area contributed by atoms with Crippen molar-refractivity contribution < 1.29 is 14.4 Å². The van der Waals surface area contributed by atoms with Crippen molar-refractivity contribution in [2.45, 2.75) is 53.4 Å². The van der Waals surface area contributed by atoms with Crippen LogP contribution in [0.15, 0.2) is 18.2 Å². The second-order valence-electron chi connectivity index (χ2n) is 9.29. The van der Waals surface area contributed by atoms with E-state index >= 15 is 0 Å². The normalized spacial score (nSPS) is 16.7. The molecule has 0 radical (unpaired) electrons. The number of piperazine rings is 1. The van der Waals surface area contributed by atoms with Gasteiger partial charge in [-0.05, 0) is 50.8 Å². The van der Waals surface area contributed by atoms with E-state index in [1.165, 1.54) is 0 Å². The lowest BCUT2D eigenvalue weighted by Gasteiger charge is -2.37. The highest BCUT2D eigenvalue weighted by molar-refractivity contribution is 6.02. The first kappa shape index (κ1) is 24.1. The van der Waals surface area contributed by atoms with Gasteiger partial charge < -0.3 is 20.0 Å². The Balaban J connectivity index is 1.79. The maximum atomic E-state index is 13.3. The highest BCUT2D eigenvalue weighted by atomic mass is 16.2. The van der Waals surface area contributed by atoms with E-state index in [2.05, 4.69) is 24.1 Å². The van der Waals surface area contributed by atoms with Crippen LogP contribution in [0.2, 0.25) is 0 Å². The van der Waals surface area contributed by atoms with Crippen molar-refractivity contribution in [3.63, 3.8) is 0 Å². The van der Waals surface area contributed by atoms with Gasteiger partial charge in [0.15, 0.2) is 0 Å². The van der Waals surface area contributed by atoms with Gasteiger partial charge in [-0.2, -0.15) is 0 Å². The predicted molar refractivity (Wildman–Crippen MR) is 128 cm³/mol. The Morgan fingerprint density at radius 3 is 2.25 bits per heavy atom. The fraction of sp³-hybridized carbons (Fsp3) is 0.640. The number of amides is 3. The summed E-state index contributed by atoms with van der Waals surface area (Å²) in [6.07, 6.45) is 3.55. The molecule has 0 unspecified atom stereocenters. The first-order valence-corrected chi connectivity index (χ1v) is 12.1. The van der Waals surface area contributed by atoms with Gasteiger partial charge in [0, 0.05) is 63.0 Å². The summed E-state index contributed by atoms with van der Waals surface area (Å²) >= 11 is 0.